The molecular formula is C66H45N3Si. The lowest BCUT2D eigenvalue weighted by Gasteiger charge is -2.33. The molecule has 0 radical (unpaired) electrons. The normalized spacial score (nSPS) is 13.0. The predicted octanol–water partition coefficient (Wildman–Crippen LogP) is 13.0. The highest BCUT2D eigenvalue weighted by Gasteiger charge is 2.46. The monoisotopic (exact) mass is 907 g/mol. The van der Waals surface area contributed by atoms with E-state index in [9.17, 15) is 0 Å². The summed E-state index contributed by atoms with van der Waals surface area (Å²) in [6.07, 6.45) is 0. The molecule has 0 amide bonds. The van der Waals surface area contributed by atoms with E-state index in [1.54, 1.807) is 0 Å². The lowest BCUT2D eigenvalue weighted by atomic mass is 9.68. The summed E-state index contributed by atoms with van der Waals surface area (Å²) in [4.78, 5) is 5.91. The number of benzene rings is 10. The Morgan fingerprint density at radius 3 is 1.49 bits per heavy atom. The van der Waals surface area contributed by atoms with E-state index in [1.165, 1.54) is 70.5 Å². The molecule has 70 heavy (non-hydrogen) atoms. The first-order valence-electron chi connectivity index (χ1n) is 24.2. The molecule has 0 saturated heterocycles. The van der Waals surface area contributed by atoms with Crippen molar-refractivity contribution >= 4 is 72.6 Å². The van der Waals surface area contributed by atoms with Gasteiger partial charge in [-0.15, -0.1) is 0 Å². The summed E-state index contributed by atoms with van der Waals surface area (Å²) >= 11 is 0. The van der Waals surface area contributed by atoms with Crippen molar-refractivity contribution in [1.29, 1.82) is 0 Å². The average Bonchev–Trinajstić information content (AvgIpc) is 4.07. The van der Waals surface area contributed by atoms with Crippen molar-refractivity contribution in [2.75, 3.05) is 0 Å². The van der Waals surface area contributed by atoms with Crippen LogP contribution in [0.15, 0.2) is 273 Å². The molecule has 0 spiro atoms. The summed E-state index contributed by atoms with van der Waals surface area (Å²) in [5.41, 5.74) is 12.9. The number of aromatic nitrogens is 3. The maximum atomic E-state index is 5.91. The standard InChI is InChI=1S/C66H45N3Si/c1-6-23-46(24-7-1)66(47-25-8-2-9-26-47)57-36-19-16-33-52(57)56-45-48(41-43-58(56)66)68-60-38-21-18-35-55(60)64-61(68)44-42-54-53-34-17-20-37-59(53)69(65(54)64)62-39-22-40-63(67-62)70(49-27-10-3-11-28-49,50-29-12-4-13-30-50)51-31-14-5-15-32-51/h1-45H. The Hall–Kier alpha value is -8.83. The second kappa shape index (κ2) is 15.9. The number of hydrogen-bond acceptors (Lipinski definition) is 1. The summed E-state index contributed by atoms with van der Waals surface area (Å²) in [5, 5.41) is 9.80. The second-order valence-electron chi connectivity index (χ2n) is 18.5. The summed E-state index contributed by atoms with van der Waals surface area (Å²) in [5.74, 6) is 0.903. The molecule has 14 rings (SSSR count). The molecule has 0 aliphatic heterocycles. The molecule has 0 bridgehead atoms. The van der Waals surface area contributed by atoms with Crippen molar-refractivity contribution < 1.29 is 0 Å². The maximum Gasteiger partial charge on any atom is 0.201 e. The summed E-state index contributed by atoms with van der Waals surface area (Å²) in [7, 11) is -2.93. The van der Waals surface area contributed by atoms with Crippen LogP contribution in [-0.4, -0.2) is 22.2 Å². The van der Waals surface area contributed by atoms with Crippen molar-refractivity contribution in [3.8, 4) is 22.6 Å². The van der Waals surface area contributed by atoms with Crippen LogP contribution in [0, 0.1) is 0 Å². The fourth-order valence-electron chi connectivity index (χ4n) is 12.4. The van der Waals surface area contributed by atoms with Crippen molar-refractivity contribution in [1.82, 2.24) is 14.1 Å². The Balaban J connectivity index is 1.04. The van der Waals surface area contributed by atoms with E-state index < -0.39 is 13.5 Å². The highest BCUT2D eigenvalue weighted by Crippen LogP contribution is 2.56. The molecule has 0 N–H and O–H groups in total. The molecule has 0 saturated carbocycles. The van der Waals surface area contributed by atoms with Crippen molar-refractivity contribution in [3.63, 3.8) is 0 Å². The number of rotatable bonds is 8. The van der Waals surface area contributed by atoms with Crippen molar-refractivity contribution in [2.45, 2.75) is 5.41 Å². The Labute approximate surface area is 407 Å². The van der Waals surface area contributed by atoms with E-state index in [4.69, 9.17) is 4.98 Å². The minimum absolute atomic E-state index is 0.468. The van der Waals surface area contributed by atoms with Gasteiger partial charge in [-0.05, 0) is 91.4 Å². The molecule has 3 heterocycles. The number of fused-ring (bicyclic) bond motifs is 10. The zero-order chi connectivity index (χ0) is 46.2. The van der Waals surface area contributed by atoms with Crippen molar-refractivity contribution in [3.05, 3.63) is 295 Å². The first-order valence-corrected chi connectivity index (χ1v) is 26.2. The first-order chi connectivity index (χ1) is 34.8. The molecule has 3 nitrogen and oxygen atoms in total. The molecule has 0 fully saturated rings. The SMILES string of the molecule is c1ccc(C2(c3ccccc3)c3ccccc3-c3cc(-n4c5ccccc5c5c4ccc4c6ccccc6n(-c6cccc([Si](c7ccccc7)(c7ccccc7)c7ccccc7)n6)c45)ccc32)cc1. The highest BCUT2D eigenvalue weighted by atomic mass is 28.3. The topological polar surface area (TPSA) is 22.8 Å². The quantitative estimate of drug-likeness (QED) is 0.110. The number of hydrogen-bond donors (Lipinski definition) is 0. The molecule has 10 aromatic carbocycles. The average molecular weight is 908 g/mol. The van der Waals surface area contributed by atoms with Gasteiger partial charge in [0, 0.05) is 32.5 Å². The third-order valence-corrected chi connectivity index (χ3v) is 19.8. The van der Waals surface area contributed by atoms with Gasteiger partial charge in [0.05, 0.1) is 27.5 Å². The molecule has 0 unspecified atom stereocenters. The van der Waals surface area contributed by atoms with Gasteiger partial charge in [0.15, 0.2) is 0 Å². The van der Waals surface area contributed by atoms with E-state index in [0.29, 0.717) is 0 Å². The van der Waals surface area contributed by atoms with Gasteiger partial charge in [0.2, 0.25) is 8.07 Å². The van der Waals surface area contributed by atoms with Crippen LogP contribution in [0.4, 0.5) is 0 Å². The summed E-state index contributed by atoms with van der Waals surface area (Å²) in [6, 6.07) is 101. The predicted molar refractivity (Wildman–Crippen MR) is 294 cm³/mol. The lowest BCUT2D eigenvalue weighted by Crippen LogP contribution is -2.75. The van der Waals surface area contributed by atoms with Gasteiger partial charge in [0.1, 0.15) is 5.82 Å². The smallest absolute Gasteiger partial charge is 0.201 e. The van der Waals surface area contributed by atoms with Gasteiger partial charge in [-0.1, -0.05) is 231 Å². The Bertz CT molecular complexity index is 3970. The van der Waals surface area contributed by atoms with Crippen LogP contribution < -0.4 is 20.9 Å². The minimum Gasteiger partial charge on any atom is -0.309 e. The van der Waals surface area contributed by atoms with Crippen LogP contribution in [0.25, 0.3) is 66.2 Å². The molecule has 1 aliphatic rings. The van der Waals surface area contributed by atoms with Gasteiger partial charge in [-0.3, -0.25) is 4.57 Å². The van der Waals surface area contributed by atoms with Crippen LogP contribution >= 0.6 is 0 Å². The van der Waals surface area contributed by atoms with Crippen LogP contribution in [0.1, 0.15) is 22.3 Å². The zero-order valence-electron chi connectivity index (χ0n) is 38.3. The number of para-hydroxylation sites is 2. The zero-order valence-corrected chi connectivity index (χ0v) is 39.3. The Morgan fingerprint density at radius 1 is 0.343 bits per heavy atom. The van der Waals surface area contributed by atoms with Gasteiger partial charge in [-0.25, -0.2) is 4.98 Å². The van der Waals surface area contributed by atoms with Crippen LogP contribution in [-0.2, 0) is 5.41 Å². The highest BCUT2D eigenvalue weighted by molar-refractivity contribution is 7.19. The van der Waals surface area contributed by atoms with Gasteiger partial charge >= 0.3 is 0 Å². The maximum absolute atomic E-state index is 5.91. The van der Waals surface area contributed by atoms with E-state index in [1.807, 2.05) is 0 Å². The van der Waals surface area contributed by atoms with Gasteiger partial charge < -0.3 is 4.57 Å². The molecule has 328 valence electrons. The van der Waals surface area contributed by atoms with Crippen LogP contribution in [0.2, 0.25) is 0 Å². The fraction of sp³-hybridized carbons (Fsp3) is 0.0152. The fourth-order valence-corrected chi connectivity index (χ4v) is 17.0. The Morgan fingerprint density at radius 2 is 0.857 bits per heavy atom. The largest absolute Gasteiger partial charge is 0.309 e. The second-order valence-corrected chi connectivity index (χ2v) is 22.3. The van der Waals surface area contributed by atoms with Crippen molar-refractivity contribution in [2.24, 2.45) is 0 Å². The van der Waals surface area contributed by atoms with E-state index in [0.717, 1.165) is 38.9 Å². The minimum atomic E-state index is -2.93. The van der Waals surface area contributed by atoms with E-state index in [2.05, 4.69) is 282 Å². The Kier molecular flexibility index (Phi) is 9.13. The van der Waals surface area contributed by atoms with Crippen LogP contribution in [0.3, 0.4) is 0 Å². The van der Waals surface area contributed by atoms with Gasteiger partial charge in [-0.2, -0.15) is 0 Å². The lowest BCUT2D eigenvalue weighted by molar-refractivity contribution is 0.768. The summed E-state index contributed by atoms with van der Waals surface area (Å²) < 4.78 is 4.93. The number of nitrogens with zero attached hydrogens (tertiary/aromatic N) is 3. The molecule has 4 heteroatoms. The molecule has 3 aromatic heterocycles. The first kappa shape index (κ1) is 40.3. The van der Waals surface area contributed by atoms with Crippen LogP contribution in [0.5, 0.6) is 0 Å². The van der Waals surface area contributed by atoms with E-state index in [-0.39, 0.29) is 0 Å². The van der Waals surface area contributed by atoms with Gasteiger partial charge in [0.25, 0.3) is 0 Å². The molecule has 13 aromatic rings. The van der Waals surface area contributed by atoms with E-state index >= 15 is 0 Å². The third-order valence-electron chi connectivity index (χ3n) is 15.1. The summed E-state index contributed by atoms with van der Waals surface area (Å²) in [6.45, 7) is 0. The molecule has 1 aliphatic carbocycles. The molecule has 0 atom stereocenters. The number of pyridine rings is 1. The molecular weight excluding hydrogens is 863 g/mol. The third kappa shape index (κ3) is 5.65.